The van der Waals surface area contributed by atoms with Gasteiger partial charge in [-0.1, -0.05) is 13.8 Å². The average molecular weight is 566 g/mol. The summed E-state index contributed by atoms with van der Waals surface area (Å²) in [5, 5.41) is 0. The molecule has 0 amide bonds. The van der Waals surface area contributed by atoms with E-state index in [0.29, 0.717) is 0 Å². The fourth-order valence-corrected chi connectivity index (χ4v) is 2.95. The second-order valence-electron chi connectivity index (χ2n) is 7.02. The van der Waals surface area contributed by atoms with Crippen LogP contribution in [0.15, 0.2) is 48.8 Å². The van der Waals surface area contributed by atoms with Gasteiger partial charge in [0.1, 0.15) is 0 Å². The van der Waals surface area contributed by atoms with Crippen LogP contribution in [0.1, 0.15) is 22.8 Å². The maximum absolute atomic E-state index is 4.47. The topological polar surface area (TPSA) is 35.6 Å². The molecule has 0 bridgehead atoms. The SMILES string of the molecule is Cc1ccc[c-]c1-c1cn(C)c(C)n1.Cc1ccc[c-]c1-c1cn(C)c(C)n1.[Pt+2]. The summed E-state index contributed by atoms with van der Waals surface area (Å²) in [7, 11) is 4.01. The van der Waals surface area contributed by atoms with Crippen LogP contribution >= 0.6 is 0 Å². The van der Waals surface area contributed by atoms with Gasteiger partial charge in [-0.05, 0) is 26.2 Å². The number of rotatable bonds is 2. The van der Waals surface area contributed by atoms with Crippen molar-refractivity contribution in [2.24, 2.45) is 14.1 Å². The second kappa shape index (κ2) is 9.84. The molecule has 0 aliphatic heterocycles. The standard InChI is InChI=1S/2C12H13N2.Pt/c2*1-9-6-4-5-7-11(9)12-8-14(3)10(2)13-12;/h2*4-6,8H,1-3H3;/q2*-1;+2. The predicted octanol–water partition coefficient (Wildman–Crippen LogP) is 5.01. The summed E-state index contributed by atoms with van der Waals surface area (Å²) in [6.45, 7) is 8.16. The van der Waals surface area contributed by atoms with Gasteiger partial charge >= 0.3 is 21.1 Å². The summed E-state index contributed by atoms with van der Waals surface area (Å²) in [5.74, 6) is 2.05. The molecule has 0 saturated carbocycles. The van der Waals surface area contributed by atoms with Crippen molar-refractivity contribution in [3.63, 3.8) is 0 Å². The first-order valence-electron chi connectivity index (χ1n) is 9.32. The molecule has 0 N–H and O–H groups in total. The Labute approximate surface area is 187 Å². The van der Waals surface area contributed by atoms with Gasteiger partial charge in [-0.25, -0.2) is 0 Å². The Morgan fingerprint density at radius 3 is 1.34 bits per heavy atom. The molecule has 4 rings (SSSR count). The van der Waals surface area contributed by atoms with Crippen LogP contribution in [0.2, 0.25) is 0 Å². The van der Waals surface area contributed by atoms with Crippen molar-refractivity contribution in [1.82, 2.24) is 19.1 Å². The van der Waals surface area contributed by atoms with Gasteiger partial charge in [0.25, 0.3) is 0 Å². The molecule has 0 radical (unpaired) electrons. The van der Waals surface area contributed by atoms with E-state index in [1.807, 2.05) is 73.7 Å². The molecule has 0 saturated heterocycles. The molecule has 0 unspecified atom stereocenters. The van der Waals surface area contributed by atoms with Crippen LogP contribution < -0.4 is 0 Å². The molecule has 5 heteroatoms. The van der Waals surface area contributed by atoms with Crippen LogP contribution in [-0.2, 0) is 35.2 Å². The maximum Gasteiger partial charge on any atom is 2.00 e. The van der Waals surface area contributed by atoms with E-state index in [1.165, 1.54) is 11.1 Å². The third-order valence-corrected chi connectivity index (χ3v) is 4.86. The van der Waals surface area contributed by atoms with Crippen LogP contribution in [0.3, 0.4) is 0 Å². The smallest absolute Gasteiger partial charge is 0.347 e. The fraction of sp³-hybridized carbons (Fsp3) is 0.250. The number of aromatic nitrogens is 4. The van der Waals surface area contributed by atoms with Gasteiger partial charge in [0.2, 0.25) is 0 Å². The number of nitrogens with zero attached hydrogens (tertiary/aromatic N) is 4. The van der Waals surface area contributed by atoms with Crippen molar-refractivity contribution in [3.8, 4) is 22.5 Å². The quantitative estimate of drug-likeness (QED) is 0.321. The molecule has 0 aliphatic carbocycles. The number of aryl methyl sites for hydroxylation is 6. The van der Waals surface area contributed by atoms with Crippen molar-refractivity contribution < 1.29 is 21.1 Å². The predicted molar refractivity (Wildman–Crippen MR) is 114 cm³/mol. The van der Waals surface area contributed by atoms with E-state index in [2.05, 4.69) is 48.1 Å². The first kappa shape index (κ1) is 22.8. The van der Waals surface area contributed by atoms with E-state index in [1.54, 1.807) is 0 Å². The average Bonchev–Trinajstić information content (AvgIpc) is 3.18. The van der Waals surface area contributed by atoms with Crippen LogP contribution in [-0.4, -0.2) is 19.1 Å². The van der Waals surface area contributed by atoms with Crippen LogP contribution in [0.25, 0.3) is 22.5 Å². The summed E-state index contributed by atoms with van der Waals surface area (Å²) in [6, 6.07) is 18.4. The molecule has 2 aromatic carbocycles. The summed E-state index contributed by atoms with van der Waals surface area (Å²) in [6.07, 6.45) is 4.07. The zero-order valence-corrected chi connectivity index (χ0v) is 20.0. The first-order chi connectivity index (χ1) is 13.4. The first-order valence-corrected chi connectivity index (χ1v) is 9.32. The van der Waals surface area contributed by atoms with E-state index in [-0.39, 0.29) is 21.1 Å². The molecule has 0 fully saturated rings. The van der Waals surface area contributed by atoms with Crippen LogP contribution in [0.4, 0.5) is 0 Å². The van der Waals surface area contributed by atoms with Crippen molar-refractivity contribution in [2.75, 3.05) is 0 Å². The zero-order chi connectivity index (χ0) is 20.3. The molecule has 2 aromatic heterocycles. The van der Waals surface area contributed by atoms with Gasteiger partial charge in [-0.15, -0.1) is 70.8 Å². The normalized spacial score (nSPS) is 10.1. The maximum atomic E-state index is 4.47. The Kier molecular flexibility index (Phi) is 7.75. The Morgan fingerprint density at radius 1 is 0.690 bits per heavy atom. The molecular weight excluding hydrogens is 539 g/mol. The molecule has 29 heavy (non-hydrogen) atoms. The Hall–Kier alpha value is -2.45. The van der Waals surface area contributed by atoms with E-state index in [4.69, 9.17) is 0 Å². The molecule has 152 valence electrons. The van der Waals surface area contributed by atoms with Crippen molar-refractivity contribution in [2.45, 2.75) is 27.7 Å². The third kappa shape index (κ3) is 5.33. The monoisotopic (exact) mass is 565 g/mol. The summed E-state index contributed by atoms with van der Waals surface area (Å²) in [4.78, 5) is 8.95. The molecular formula is C24H26N4Pt. The number of hydrogen-bond acceptors (Lipinski definition) is 2. The molecule has 0 spiro atoms. The minimum absolute atomic E-state index is 0. The van der Waals surface area contributed by atoms with Gasteiger partial charge < -0.3 is 9.13 Å². The fourth-order valence-electron chi connectivity index (χ4n) is 2.95. The Morgan fingerprint density at radius 2 is 1.07 bits per heavy atom. The molecule has 4 nitrogen and oxygen atoms in total. The van der Waals surface area contributed by atoms with Crippen LogP contribution in [0.5, 0.6) is 0 Å². The van der Waals surface area contributed by atoms with E-state index in [9.17, 15) is 0 Å². The molecule has 0 atom stereocenters. The van der Waals surface area contributed by atoms with Gasteiger partial charge in [-0.3, -0.25) is 9.97 Å². The number of imidazole rings is 2. The Balaban J connectivity index is 0.000000200. The summed E-state index contributed by atoms with van der Waals surface area (Å²) in [5.41, 5.74) is 6.62. The van der Waals surface area contributed by atoms with Crippen molar-refractivity contribution >= 4 is 0 Å². The molecule has 2 heterocycles. The summed E-state index contributed by atoms with van der Waals surface area (Å²) < 4.78 is 4.05. The van der Waals surface area contributed by atoms with Crippen LogP contribution in [0, 0.1) is 39.8 Å². The molecule has 0 aliphatic rings. The summed E-state index contributed by atoms with van der Waals surface area (Å²) >= 11 is 0. The van der Waals surface area contributed by atoms with E-state index in [0.717, 1.165) is 34.2 Å². The van der Waals surface area contributed by atoms with E-state index < -0.39 is 0 Å². The van der Waals surface area contributed by atoms with Crippen molar-refractivity contribution in [1.29, 1.82) is 0 Å². The van der Waals surface area contributed by atoms with Gasteiger partial charge in [-0.2, -0.15) is 0 Å². The minimum Gasteiger partial charge on any atom is -0.347 e. The van der Waals surface area contributed by atoms with Gasteiger partial charge in [0.15, 0.2) is 0 Å². The van der Waals surface area contributed by atoms with E-state index >= 15 is 0 Å². The Bertz CT molecular complexity index is 965. The van der Waals surface area contributed by atoms with Gasteiger partial charge in [0.05, 0.1) is 11.6 Å². The third-order valence-electron chi connectivity index (χ3n) is 4.86. The number of hydrogen-bond donors (Lipinski definition) is 0. The van der Waals surface area contributed by atoms with Crippen molar-refractivity contribution in [3.05, 3.63) is 83.7 Å². The second-order valence-corrected chi connectivity index (χ2v) is 7.02. The molecule has 4 aromatic rings. The zero-order valence-electron chi connectivity index (χ0n) is 17.7. The number of benzene rings is 2. The largest absolute Gasteiger partial charge is 2.00 e. The minimum atomic E-state index is 0. The van der Waals surface area contributed by atoms with Gasteiger partial charge in [0, 0.05) is 25.5 Å².